The van der Waals surface area contributed by atoms with Crippen molar-refractivity contribution in [2.24, 2.45) is 0 Å². The van der Waals surface area contributed by atoms with Crippen LogP contribution in [0.1, 0.15) is 43.4 Å². The zero-order valence-electron chi connectivity index (χ0n) is 9.12. The van der Waals surface area contributed by atoms with Crippen molar-refractivity contribution in [1.82, 2.24) is 5.32 Å². The Bertz CT molecular complexity index is 359. The molecule has 80 valence electrons. The second-order valence-corrected chi connectivity index (χ2v) is 4.06. The van der Waals surface area contributed by atoms with E-state index in [0.717, 1.165) is 12.8 Å². The van der Waals surface area contributed by atoms with E-state index in [2.05, 4.69) is 29.6 Å². The minimum absolute atomic E-state index is 0.150. The third-order valence-electron chi connectivity index (χ3n) is 3.03. The topological polar surface area (TPSA) is 29.1 Å². The molecule has 1 unspecified atom stereocenters. The minimum Gasteiger partial charge on any atom is -0.349 e. The van der Waals surface area contributed by atoms with E-state index in [1.54, 1.807) is 0 Å². The fourth-order valence-corrected chi connectivity index (χ4v) is 2.20. The van der Waals surface area contributed by atoms with Crippen molar-refractivity contribution in [2.45, 2.75) is 38.6 Å². The van der Waals surface area contributed by atoms with Gasteiger partial charge in [-0.1, -0.05) is 31.2 Å². The Labute approximate surface area is 90.7 Å². The van der Waals surface area contributed by atoms with Crippen molar-refractivity contribution in [3.63, 3.8) is 0 Å². The summed E-state index contributed by atoms with van der Waals surface area (Å²) in [5.74, 6) is 0.150. The van der Waals surface area contributed by atoms with E-state index in [4.69, 9.17) is 0 Å². The number of amides is 1. The lowest BCUT2D eigenvalue weighted by molar-refractivity contribution is -0.121. The molecule has 15 heavy (non-hydrogen) atoms. The second kappa shape index (κ2) is 4.47. The summed E-state index contributed by atoms with van der Waals surface area (Å²) in [6.45, 7) is 1.89. The first-order chi connectivity index (χ1) is 7.31. The summed E-state index contributed by atoms with van der Waals surface area (Å²) in [5, 5.41) is 3.09. The first-order valence-electron chi connectivity index (χ1n) is 5.68. The highest BCUT2D eigenvalue weighted by atomic mass is 16.1. The molecule has 1 amide bonds. The van der Waals surface area contributed by atoms with Gasteiger partial charge in [0.1, 0.15) is 0 Å². The van der Waals surface area contributed by atoms with E-state index in [9.17, 15) is 4.79 Å². The average Bonchev–Trinajstić information content (AvgIpc) is 2.29. The van der Waals surface area contributed by atoms with Crippen LogP contribution in [0.25, 0.3) is 0 Å². The molecule has 0 saturated heterocycles. The lowest BCUT2D eigenvalue weighted by atomic mass is 9.88. The molecule has 1 atom stereocenters. The third-order valence-corrected chi connectivity index (χ3v) is 3.03. The average molecular weight is 203 g/mol. The van der Waals surface area contributed by atoms with Crippen LogP contribution in [0.2, 0.25) is 0 Å². The normalized spacial score (nSPS) is 19.4. The van der Waals surface area contributed by atoms with Crippen LogP contribution >= 0.6 is 0 Å². The van der Waals surface area contributed by atoms with E-state index < -0.39 is 0 Å². The van der Waals surface area contributed by atoms with Crippen LogP contribution < -0.4 is 5.32 Å². The van der Waals surface area contributed by atoms with Gasteiger partial charge >= 0.3 is 0 Å². The summed E-state index contributed by atoms with van der Waals surface area (Å²) in [5.41, 5.74) is 2.70. The smallest absolute Gasteiger partial charge is 0.220 e. The van der Waals surface area contributed by atoms with E-state index in [1.165, 1.54) is 17.5 Å². The standard InChI is InChI=1S/C13H17NO/c1-2-13(15)14-12-9-5-7-10-6-3-4-8-11(10)12/h3-4,6,8,12H,2,5,7,9H2,1H3,(H,14,15). The number of fused-ring (bicyclic) bond motifs is 1. The van der Waals surface area contributed by atoms with Gasteiger partial charge in [-0.3, -0.25) is 4.79 Å². The lowest BCUT2D eigenvalue weighted by Gasteiger charge is -2.26. The van der Waals surface area contributed by atoms with E-state index in [1.807, 2.05) is 6.92 Å². The van der Waals surface area contributed by atoms with Crippen LogP contribution in [-0.4, -0.2) is 5.91 Å². The molecule has 0 aromatic heterocycles. The monoisotopic (exact) mass is 203 g/mol. The third kappa shape index (κ3) is 2.20. The number of benzene rings is 1. The summed E-state index contributed by atoms with van der Waals surface area (Å²) in [4.78, 5) is 11.4. The summed E-state index contributed by atoms with van der Waals surface area (Å²) in [6, 6.07) is 8.66. The van der Waals surface area contributed by atoms with Gasteiger partial charge in [0.15, 0.2) is 0 Å². The van der Waals surface area contributed by atoms with Gasteiger partial charge < -0.3 is 5.32 Å². The summed E-state index contributed by atoms with van der Waals surface area (Å²) >= 11 is 0. The molecule has 0 saturated carbocycles. The molecule has 1 aromatic carbocycles. The number of carbonyl (C=O) groups is 1. The Morgan fingerprint density at radius 2 is 2.27 bits per heavy atom. The first kappa shape index (κ1) is 10.2. The van der Waals surface area contributed by atoms with E-state index >= 15 is 0 Å². The molecule has 2 nitrogen and oxygen atoms in total. The second-order valence-electron chi connectivity index (χ2n) is 4.06. The highest BCUT2D eigenvalue weighted by Gasteiger charge is 2.20. The van der Waals surface area contributed by atoms with Gasteiger partial charge in [-0.05, 0) is 30.4 Å². The number of rotatable bonds is 2. The molecule has 0 heterocycles. The fourth-order valence-electron chi connectivity index (χ4n) is 2.20. The van der Waals surface area contributed by atoms with Crippen molar-refractivity contribution < 1.29 is 4.79 Å². The maximum atomic E-state index is 11.4. The lowest BCUT2D eigenvalue weighted by Crippen LogP contribution is -2.30. The predicted octanol–water partition coefficient (Wildman–Crippen LogP) is 2.59. The number of hydrogen-bond acceptors (Lipinski definition) is 1. The molecule has 2 rings (SSSR count). The van der Waals surface area contributed by atoms with Crippen molar-refractivity contribution in [3.05, 3.63) is 35.4 Å². The van der Waals surface area contributed by atoms with Crippen LogP contribution in [0.3, 0.4) is 0 Å². The molecule has 0 radical (unpaired) electrons. The molecule has 0 aliphatic heterocycles. The van der Waals surface area contributed by atoms with E-state index in [0.29, 0.717) is 6.42 Å². The van der Waals surface area contributed by atoms with Crippen LogP contribution in [0.4, 0.5) is 0 Å². The van der Waals surface area contributed by atoms with Crippen molar-refractivity contribution >= 4 is 5.91 Å². The van der Waals surface area contributed by atoms with E-state index in [-0.39, 0.29) is 11.9 Å². The van der Waals surface area contributed by atoms with Crippen LogP contribution in [0.15, 0.2) is 24.3 Å². The predicted molar refractivity (Wildman–Crippen MR) is 60.6 cm³/mol. The summed E-state index contributed by atoms with van der Waals surface area (Å²) in [6.07, 6.45) is 3.96. The molecule has 0 bridgehead atoms. The van der Waals surface area contributed by atoms with Gasteiger partial charge in [-0.2, -0.15) is 0 Å². The molecule has 1 N–H and O–H groups in total. The van der Waals surface area contributed by atoms with Gasteiger partial charge in [0.25, 0.3) is 0 Å². The van der Waals surface area contributed by atoms with Crippen molar-refractivity contribution in [1.29, 1.82) is 0 Å². The number of aryl methyl sites for hydroxylation is 1. The molecular formula is C13H17NO. The number of nitrogens with one attached hydrogen (secondary N) is 1. The van der Waals surface area contributed by atoms with Crippen molar-refractivity contribution in [2.75, 3.05) is 0 Å². The Balaban J connectivity index is 2.18. The molecular weight excluding hydrogens is 186 g/mol. The molecule has 0 spiro atoms. The zero-order chi connectivity index (χ0) is 10.7. The molecule has 1 aliphatic carbocycles. The number of carbonyl (C=O) groups excluding carboxylic acids is 1. The minimum atomic E-state index is 0.150. The maximum Gasteiger partial charge on any atom is 0.220 e. The quantitative estimate of drug-likeness (QED) is 0.786. The summed E-state index contributed by atoms with van der Waals surface area (Å²) < 4.78 is 0. The van der Waals surface area contributed by atoms with Gasteiger partial charge in [0, 0.05) is 6.42 Å². The van der Waals surface area contributed by atoms with Gasteiger partial charge in [0.2, 0.25) is 5.91 Å². The first-order valence-corrected chi connectivity index (χ1v) is 5.68. The van der Waals surface area contributed by atoms with Gasteiger partial charge in [-0.15, -0.1) is 0 Å². The van der Waals surface area contributed by atoms with Crippen LogP contribution in [0, 0.1) is 0 Å². The molecule has 1 aliphatic rings. The Morgan fingerprint density at radius 1 is 1.47 bits per heavy atom. The fraction of sp³-hybridized carbons (Fsp3) is 0.462. The maximum absolute atomic E-state index is 11.4. The van der Waals surface area contributed by atoms with Gasteiger partial charge in [-0.25, -0.2) is 0 Å². The Morgan fingerprint density at radius 3 is 3.07 bits per heavy atom. The molecule has 1 aromatic rings. The SMILES string of the molecule is CCC(=O)NC1CCCc2ccccc21. The van der Waals surface area contributed by atoms with Crippen LogP contribution in [-0.2, 0) is 11.2 Å². The zero-order valence-corrected chi connectivity index (χ0v) is 9.12. The highest BCUT2D eigenvalue weighted by molar-refractivity contribution is 5.76. The van der Waals surface area contributed by atoms with Crippen LogP contribution in [0.5, 0.6) is 0 Å². The van der Waals surface area contributed by atoms with Gasteiger partial charge in [0.05, 0.1) is 6.04 Å². The number of hydrogen-bond donors (Lipinski definition) is 1. The summed E-state index contributed by atoms with van der Waals surface area (Å²) in [7, 11) is 0. The molecule has 0 fully saturated rings. The largest absolute Gasteiger partial charge is 0.349 e. The van der Waals surface area contributed by atoms with Crippen molar-refractivity contribution in [3.8, 4) is 0 Å². The molecule has 2 heteroatoms. The highest BCUT2D eigenvalue weighted by Crippen LogP contribution is 2.29. The Hall–Kier alpha value is -1.31. The Kier molecular flexibility index (Phi) is 3.05.